The zero-order chi connectivity index (χ0) is 17.0. The van der Waals surface area contributed by atoms with Gasteiger partial charge in [0.15, 0.2) is 18.1 Å². The lowest BCUT2D eigenvalue weighted by Crippen LogP contribution is -2.11. The fourth-order valence-corrected chi connectivity index (χ4v) is 2.68. The SMILES string of the molecule is CCOc1cc(/C=C2\C(=O)ON=C2C)cc(I)c1OCC(=O)O. The minimum atomic E-state index is -1.07. The van der Waals surface area contributed by atoms with Crippen molar-refractivity contribution in [2.24, 2.45) is 5.16 Å². The normalized spacial score (nSPS) is 15.3. The lowest BCUT2D eigenvalue weighted by atomic mass is 10.1. The molecule has 0 unspecified atom stereocenters. The van der Waals surface area contributed by atoms with E-state index in [4.69, 9.17) is 14.6 Å². The molecule has 7 nitrogen and oxygen atoms in total. The molecule has 0 radical (unpaired) electrons. The molecule has 2 rings (SSSR count). The number of carboxylic acids is 1. The highest BCUT2D eigenvalue weighted by Gasteiger charge is 2.22. The second-order valence-electron chi connectivity index (χ2n) is 4.56. The van der Waals surface area contributed by atoms with Crippen LogP contribution < -0.4 is 9.47 Å². The van der Waals surface area contributed by atoms with Crippen LogP contribution in [-0.4, -0.2) is 36.0 Å². The minimum Gasteiger partial charge on any atom is -0.490 e. The number of benzene rings is 1. The average molecular weight is 431 g/mol. The summed E-state index contributed by atoms with van der Waals surface area (Å²) in [6.07, 6.45) is 1.64. The van der Waals surface area contributed by atoms with Gasteiger partial charge in [-0.15, -0.1) is 0 Å². The van der Waals surface area contributed by atoms with E-state index >= 15 is 0 Å². The first-order valence-corrected chi connectivity index (χ1v) is 7.79. The maximum Gasteiger partial charge on any atom is 0.367 e. The second kappa shape index (κ2) is 7.44. The number of aliphatic carboxylic acids is 1. The summed E-state index contributed by atoms with van der Waals surface area (Å²) < 4.78 is 11.5. The number of hydrogen-bond acceptors (Lipinski definition) is 6. The molecule has 1 aliphatic rings. The van der Waals surface area contributed by atoms with Crippen molar-refractivity contribution < 1.29 is 29.0 Å². The highest BCUT2D eigenvalue weighted by molar-refractivity contribution is 14.1. The lowest BCUT2D eigenvalue weighted by Gasteiger charge is -2.13. The van der Waals surface area contributed by atoms with Gasteiger partial charge >= 0.3 is 11.9 Å². The predicted octanol–water partition coefficient (Wildman–Crippen LogP) is 2.47. The number of carboxylic acid groups (broad SMARTS) is 1. The van der Waals surface area contributed by atoms with Crippen LogP contribution in [0.2, 0.25) is 0 Å². The van der Waals surface area contributed by atoms with Gasteiger partial charge in [-0.05, 0) is 60.2 Å². The number of carbonyl (C=O) groups is 2. The van der Waals surface area contributed by atoms with Crippen molar-refractivity contribution in [2.75, 3.05) is 13.2 Å². The van der Waals surface area contributed by atoms with Crippen LogP contribution in [0.15, 0.2) is 22.9 Å². The highest BCUT2D eigenvalue weighted by Crippen LogP contribution is 2.35. The molecular weight excluding hydrogens is 417 g/mol. The molecule has 0 aromatic heterocycles. The van der Waals surface area contributed by atoms with Gasteiger partial charge in [0.05, 0.1) is 21.5 Å². The van der Waals surface area contributed by atoms with E-state index in [2.05, 4.69) is 9.99 Å². The largest absolute Gasteiger partial charge is 0.490 e. The van der Waals surface area contributed by atoms with E-state index in [1.54, 1.807) is 25.1 Å². The fraction of sp³-hybridized carbons (Fsp3) is 0.267. The maximum absolute atomic E-state index is 11.6. The number of oxime groups is 1. The summed E-state index contributed by atoms with van der Waals surface area (Å²) in [4.78, 5) is 26.9. The van der Waals surface area contributed by atoms with Crippen LogP contribution >= 0.6 is 22.6 Å². The monoisotopic (exact) mass is 431 g/mol. The minimum absolute atomic E-state index is 0.358. The van der Waals surface area contributed by atoms with Gasteiger partial charge in [-0.1, -0.05) is 5.16 Å². The molecule has 1 aromatic rings. The molecule has 0 fully saturated rings. The Balaban J connectivity index is 2.39. The van der Waals surface area contributed by atoms with Gasteiger partial charge in [0.25, 0.3) is 0 Å². The fourth-order valence-electron chi connectivity index (χ4n) is 1.89. The van der Waals surface area contributed by atoms with Crippen molar-refractivity contribution in [3.63, 3.8) is 0 Å². The summed E-state index contributed by atoms with van der Waals surface area (Å²) in [6.45, 7) is 3.41. The molecule has 1 N–H and O–H groups in total. The highest BCUT2D eigenvalue weighted by atomic mass is 127. The molecule has 1 heterocycles. The molecule has 122 valence electrons. The zero-order valence-corrected chi connectivity index (χ0v) is 14.6. The molecule has 0 saturated heterocycles. The van der Waals surface area contributed by atoms with Crippen molar-refractivity contribution in [2.45, 2.75) is 13.8 Å². The Kier molecular flexibility index (Phi) is 5.59. The Bertz CT molecular complexity index is 710. The Morgan fingerprint density at radius 2 is 2.17 bits per heavy atom. The van der Waals surface area contributed by atoms with Crippen molar-refractivity contribution >= 4 is 46.3 Å². The summed E-state index contributed by atoms with van der Waals surface area (Å²) in [5, 5.41) is 12.4. The lowest BCUT2D eigenvalue weighted by molar-refractivity contribution is -0.139. The smallest absolute Gasteiger partial charge is 0.367 e. The van der Waals surface area contributed by atoms with Gasteiger partial charge < -0.3 is 19.4 Å². The Morgan fingerprint density at radius 3 is 2.74 bits per heavy atom. The molecule has 0 aliphatic carbocycles. The van der Waals surface area contributed by atoms with Crippen molar-refractivity contribution in [3.8, 4) is 11.5 Å². The molecule has 0 spiro atoms. The summed E-state index contributed by atoms with van der Waals surface area (Å²) in [5.41, 5.74) is 1.56. The van der Waals surface area contributed by atoms with Crippen molar-refractivity contribution in [1.82, 2.24) is 0 Å². The summed E-state index contributed by atoms with van der Waals surface area (Å²) >= 11 is 2.02. The summed E-state index contributed by atoms with van der Waals surface area (Å²) in [5.74, 6) is -0.818. The first kappa shape index (κ1) is 17.3. The summed E-state index contributed by atoms with van der Waals surface area (Å²) in [6, 6.07) is 3.43. The van der Waals surface area contributed by atoms with Crippen LogP contribution in [0.5, 0.6) is 11.5 Å². The Hall–Kier alpha value is -2.10. The van der Waals surface area contributed by atoms with E-state index in [1.165, 1.54) is 0 Å². The number of halogens is 1. The average Bonchev–Trinajstić information content (AvgIpc) is 2.78. The van der Waals surface area contributed by atoms with Crippen LogP contribution in [0.3, 0.4) is 0 Å². The number of rotatable bonds is 6. The van der Waals surface area contributed by atoms with Gasteiger partial charge in [-0.2, -0.15) is 0 Å². The zero-order valence-electron chi connectivity index (χ0n) is 12.5. The van der Waals surface area contributed by atoms with Gasteiger partial charge in [0.1, 0.15) is 0 Å². The third-order valence-corrected chi connectivity index (χ3v) is 3.66. The van der Waals surface area contributed by atoms with E-state index in [1.807, 2.05) is 29.5 Å². The first-order valence-electron chi connectivity index (χ1n) is 6.71. The van der Waals surface area contributed by atoms with Gasteiger partial charge in [-0.25, -0.2) is 9.59 Å². The second-order valence-corrected chi connectivity index (χ2v) is 5.72. The van der Waals surface area contributed by atoms with E-state index < -0.39 is 18.5 Å². The number of ether oxygens (including phenoxy) is 2. The van der Waals surface area contributed by atoms with E-state index in [0.717, 1.165) is 0 Å². The maximum atomic E-state index is 11.6. The molecule has 1 aromatic carbocycles. The van der Waals surface area contributed by atoms with Crippen LogP contribution in [-0.2, 0) is 14.4 Å². The summed E-state index contributed by atoms with van der Waals surface area (Å²) in [7, 11) is 0. The standard InChI is InChI=1S/C15H14INO6/c1-3-21-12-6-9(4-10-8(2)17-23-15(10)20)5-11(16)14(12)22-7-13(18)19/h4-6H,3,7H2,1-2H3,(H,18,19)/b10-4-. The molecule has 8 heteroatoms. The molecule has 0 saturated carbocycles. The molecule has 0 amide bonds. The van der Waals surface area contributed by atoms with Crippen LogP contribution in [0.1, 0.15) is 19.4 Å². The quantitative estimate of drug-likeness (QED) is 0.423. The van der Waals surface area contributed by atoms with Crippen LogP contribution in [0.4, 0.5) is 0 Å². The molecular formula is C15H14INO6. The molecule has 0 atom stereocenters. The van der Waals surface area contributed by atoms with E-state index in [9.17, 15) is 9.59 Å². The topological polar surface area (TPSA) is 94.4 Å². The molecule has 1 aliphatic heterocycles. The number of carbonyl (C=O) groups excluding carboxylic acids is 1. The van der Waals surface area contributed by atoms with Gasteiger partial charge in [-0.3, -0.25) is 0 Å². The van der Waals surface area contributed by atoms with Crippen molar-refractivity contribution in [3.05, 3.63) is 26.8 Å². The number of hydrogen-bond donors (Lipinski definition) is 1. The molecule has 23 heavy (non-hydrogen) atoms. The van der Waals surface area contributed by atoms with E-state index in [0.29, 0.717) is 38.5 Å². The molecule has 0 bridgehead atoms. The predicted molar refractivity (Wildman–Crippen MR) is 90.6 cm³/mol. The first-order chi connectivity index (χ1) is 10.9. The van der Waals surface area contributed by atoms with Gasteiger partial charge in [0, 0.05) is 0 Å². The van der Waals surface area contributed by atoms with Crippen LogP contribution in [0, 0.1) is 3.57 Å². The van der Waals surface area contributed by atoms with Crippen LogP contribution in [0.25, 0.3) is 6.08 Å². The van der Waals surface area contributed by atoms with E-state index in [-0.39, 0.29) is 0 Å². The van der Waals surface area contributed by atoms with Crippen molar-refractivity contribution in [1.29, 1.82) is 0 Å². The third-order valence-electron chi connectivity index (χ3n) is 2.86. The number of nitrogens with zero attached hydrogens (tertiary/aromatic N) is 1. The Labute approximate surface area is 146 Å². The Morgan fingerprint density at radius 1 is 1.43 bits per heavy atom. The third kappa shape index (κ3) is 4.21. The van der Waals surface area contributed by atoms with Gasteiger partial charge in [0.2, 0.25) is 0 Å².